The molecule has 1 aromatic rings. The molecule has 116 valence electrons. The van der Waals surface area contributed by atoms with Crippen molar-refractivity contribution in [3.05, 3.63) is 11.4 Å². The van der Waals surface area contributed by atoms with E-state index in [4.69, 9.17) is 9.72 Å². The van der Waals surface area contributed by atoms with Crippen molar-refractivity contribution in [2.75, 3.05) is 23.8 Å². The third-order valence-electron chi connectivity index (χ3n) is 4.40. The summed E-state index contributed by atoms with van der Waals surface area (Å²) in [5, 5.41) is 6.98. The van der Waals surface area contributed by atoms with Crippen molar-refractivity contribution in [1.82, 2.24) is 9.97 Å². The van der Waals surface area contributed by atoms with Crippen molar-refractivity contribution in [3.63, 3.8) is 0 Å². The van der Waals surface area contributed by atoms with Gasteiger partial charge in [0.15, 0.2) is 0 Å². The molecule has 0 amide bonds. The van der Waals surface area contributed by atoms with E-state index in [0.717, 1.165) is 54.9 Å². The van der Waals surface area contributed by atoms with Crippen molar-refractivity contribution in [1.29, 1.82) is 0 Å². The fourth-order valence-corrected chi connectivity index (χ4v) is 3.03. The standard InChI is InChI=1S/C16H26N4O/c1-4-13-19-15(17-5-2)10(3)16(20-13)18-12-8-9-21-14(12)11-6-7-11/h11-12,14H,4-9H2,1-3H3,(H2,17,18,19,20). The Morgan fingerprint density at radius 1 is 1.14 bits per heavy atom. The monoisotopic (exact) mass is 290 g/mol. The molecule has 5 nitrogen and oxygen atoms in total. The van der Waals surface area contributed by atoms with Crippen molar-refractivity contribution in [2.24, 2.45) is 5.92 Å². The molecule has 2 aliphatic rings. The summed E-state index contributed by atoms with van der Waals surface area (Å²) in [6.45, 7) is 8.01. The summed E-state index contributed by atoms with van der Waals surface area (Å²) < 4.78 is 5.91. The van der Waals surface area contributed by atoms with Crippen LogP contribution in [-0.4, -0.2) is 35.3 Å². The smallest absolute Gasteiger partial charge is 0.135 e. The Kier molecular flexibility index (Phi) is 4.29. The highest BCUT2D eigenvalue weighted by atomic mass is 16.5. The first-order valence-electron chi connectivity index (χ1n) is 8.22. The molecule has 0 spiro atoms. The Balaban J connectivity index is 1.81. The molecule has 0 radical (unpaired) electrons. The molecule has 5 heteroatoms. The van der Waals surface area contributed by atoms with Crippen LogP contribution in [0.1, 0.15) is 44.5 Å². The zero-order valence-electron chi connectivity index (χ0n) is 13.3. The lowest BCUT2D eigenvalue weighted by atomic mass is 10.1. The Morgan fingerprint density at radius 3 is 2.57 bits per heavy atom. The lowest BCUT2D eigenvalue weighted by Crippen LogP contribution is -2.32. The quantitative estimate of drug-likeness (QED) is 0.843. The molecular weight excluding hydrogens is 264 g/mol. The number of rotatable bonds is 6. The van der Waals surface area contributed by atoms with E-state index < -0.39 is 0 Å². The highest BCUT2D eigenvalue weighted by molar-refractivity contribution is 5.57. The molecule has 0 bridgehead atoms. The molecule has 2 atom stereocenters. The van der Waals surface area contributed by atoms with Crippen molar-refractivity contribution in [2.45, 2.75) is 58.6 Å². The number of ether oxygens (including phenoxy) is 1. The van der Waals surface area contributed by atoms with E-state index in [0.29, 0.717) is 12.1 Å². The number of hydrogen-bond acceptors (Lipinski definition) is 5. The van der Waals surface area contributed by atoms with Gasteiger partial charge in [-0.15, -0.1) is 0 Å². The number of nitrogens with one attached hydrogen (secondary N) is 2. The predicted molar refractivity (Wildman–Crippen MR) is 84.8 cm³/mol. The summed E-state index contributed by atoms with van der Waals surface area (Å²) in [6, 6.07) is 0.394. The van der Waals surface area contributed by atoms with Gasteiger partial charge in [-0.2, -0.15) is 0 Å². The molecule has 2 unspecified atom stereocenters. The van der Waals surface area contributed by atoms with E-state index in [1.54, 1.807) is 0 Å². The molecule has 2 N–H and O–H groups in total. The summed E-state index contributed by atoms with van der Waals surface area (Å²) >= 11 is 0. The summed E-state index contributed by atoms with van der Waals surface area (Å²) in [5.74, 6) is 3.57. The highest BCUT2D eigenvalue weighted by Gasteiger charge is 2.40. The number of nitrogens with zero attached hydrogens (tertiary/aromatic N) is 2. The Bertz CT molecular complexity index is 501. The molecule has 1 saturated heterocycles. The van der Waals surface area contributed by atoms with Crippen LogP contribution in [0.5, 0.6) is 0 Å². The molecule has 1 saturated carbocycles. The lowest BCUT2D eigenvalue weighted by Gasteiger charge is -2.22. The maximum atomic E-state index is 5.91. The van der Waals surface area contributed by atoms with Crippen LogP contribution >= 0.6 is 0 Å². The normalized spacial score (nSPS) is 25.1. The van der Waals surface area contributed by atoms with E-state index in [-0.39, 0.29) is 0 Å². The van der Waals surface area contributed by atoms with Crippen LogP contribution in [0.3, 0.4) is 0 Å². The van der Waals surface area contributed by atoms with Crippen LogP contribution in [0, 0.1) is 12.8 Å². The second kappa shape index (κ2) is 6.18. The van der Waals surface area contributed by atoms with E-state index in [9.17, 15) is 0 Å². The Morgan fingerprint density at radius 2 is 1.90 bits per heavy atom. The van der Waals surface area contributed by atoms with Gasteiger partial charge in [0.2, 0.25) is 0 Å². The largest absolute Gasteiger partial charge is 0.376 e. The summed E-state index contributed by atoms with van der Waals surface area (Å²) in [7, 11) is 0. The number of anilines is 2. The molecule has 21 heavy (non-hydrogen) atoms. The van der Waals surface area contributed by atoms with Crippen LogP contribution < -0.4 is 10.6 Å². The summed E-state index contributed by atoms with van der Waals surface area (Å²) in [4.78, 5) is 9.28. The van der Waals surface area contributed by atoms with Gasteiger partial charge in [-0.25, -0.2) is 9.97 Å². The average molecular weight is 290 g/mol. The second-order valence-electron chi connectivity index (χ2n) is 6.06. The Labute approximate surface area is 126 Å². The third-order valence-corrected chi connectivity index (χ3v) is 4.40. The minimum Gasteiger partial charge on any atom is -0.376 e. The first-order chi connectivity index (χ1) is 10.2. The van der Waals surface area contributed by atoms with Crippen LogP contribution in [-0.2, 0) is 11.2 Å². The van der Waals surface area contributed by atoms with Crippen LogP contribution in [0.15, 0.2) is 0 Å². The maximum Gasteiger partial charge on any atom is 0.135 e. The van der Waals surface area contributed by atoms with Gasteiger partial charge < -0.3 is 15.4 Å². The predicted octanol–water partition coefficient (Wildman–Crippen LogP) is 2.76. The minimum absolute atomic E-state index is 0.368. The number of hydrogen-bond donors (Lipinski definition) is 2. The second-order valence-corrected chi connectivity index (χ2v) is 6.06. The van der Waals surface area contributed by atoms with Crippen molar-refractivity contribution < 1.29 is 4.74 Å². The maximum absolute atomic E-state index is 5.91. The van der Waals surface area contributed by atoms with E-state index in [1.165, 1.54) is 12.8 Å². The van der Waals surface area contributed by atoms with Gasteiger partial charge in [0.05, 0.1) is 12.1 Å². The lowest BCUT2D eigenvalue weighted by molar-refractivity contribution is 0.0898. The molecule has 1 aliphatic carbocycles. The van der Waals surface area contributed by atoms with Gasteiger partial charge >= 0.3 is 0 Å². The van der Waals surface area contributed by atoms with Gasteiger partial charge in [-0.05, 0) is 39.0 Å². The zero-order valence-corrected chi connectivity index (χ0v) is 13.3. The van der Waals surface area contributed by atoms with E-state index in [1.807, 2.05) is 0 Å². The minimum atomic E-state index is 0.368. The fourth-order valence-electron chi connectivity index (χ4n) is 3.03. The molecule has 0 aromatic carbocycles. The third kappa shape index (κ3) is 3.12. The molecule has 1 aliphatic heterocycles. The van der Waals surface area contributed by atoms with Crippen molar-refractivity contribution in [3.8, 4) is 0 Å². The van der Waals surface area contributed by atoms with Crippen LogP contribution in [0.2, 0.25) is 0 Å². The van der Waals surface area contributed by atoms with Gasteiger partial charge in [0.25, 0.3) is 0 Å². The van der Waals surface area contributed by atoms with E-state index >= 15 is 0 Å². The SMILES string of the molecule is CCNc1nc(CC)nc(NC2CCOC2C2CC2)c1C. The van der Waals surface area contributed by atoms with Gasteiger partial charge in [-0.1, -0.05) is 6.92 Å². The van der Waals surface area contributed by atoms with Gasteiger partial charge in [0, 0.05) is 25.1 Å². The summed E-state index contributed by atoms with van der Waals surface area (Å²) in [5.41, 5.74) is 1.11. The molecule has 1 aromatic heterocycles. The topological polar surface area (TPSA) is 59.1 Å². The molecular formula is C16H26N4O. The van der Waals surface area contributed by atoms with Crippen molar-refractivity contribution >= 4 is 11.6 Å². The zero-order chi connectivity index (χ0) is 14.8. The fraction of sp³-hybridized carbons (Fsp3) is 0.750. The Hall–Kier alpha value is -1.36. The number of aryl methyl sites for hydroxylation is 1. The average Bonchev–Trinajstić information content (AvgIpc) is 3.23. The van der Waals surface area contributed by atoms with Gasteiger partial charge in [0.1, 0.15) is 17.5 Å². The number of aromatic nitrogens is 2. The molecule has 3 rings (SSSR count). The van der Waals surface area contributed by atoms with Gasteiger partial charge in [-0.3, -0.25) is 0 Å². The van der Waals surface area contributed by atoms with Crippen LogP contribution in [0.4, 0.5) is 11.6 Å². The summed E-state index contributed by atoms with van der Waals surface area (Å²) in [6.07, 6.45) is 4.92. The highest BCUT2D eigenvalue weighted by Crippen LogP contribution is 2.39. The first kappa shape index (κ1) is 14.6. The molecule has 2 heterocycles. The first-order valence-corrected chi connectivity index (χ1v) is 8.22. The van der Waals surface area contributed by atoms with Crippen LogP contribution in [0.25, 0.3) is 0 Å². The van der Waals surface area contributed by atoms with E-state index in [2.05, 4.69) is 36.4 Å². The molecule has 2 fully saturated rings.